The number of rotatable bonds is 3. The average Bonchev–Trinajstić information content (AvgIpc) is 3.06. The van der Waals surface area contributed by atoms with Crippen LogP contribution in [0.3, 0.4) is 0 Å². The van der Waals surface area contributed by atoms with Crippen molar-refractivity contribution in [1.29, 1.82) is 5.26 Å². The van der Waals surface area contributed by atoms with Crippen LogP contribution in [0, 0.1) is 11.3 Å². The molecule has 4 nitrogen and oxygen atoms in total. The Balaban J connectivity index is 1.76. The lowest BCUT2D eigenvalue weighted by Gasteiger charge is -2.07. The summed E-state index contributed by atoms with van der Waals surface area (Å²) in [6.45, 7) is 0. The molecule has 0 aliphatic heterocycles. The Morgan fingerprint density at radius 3 is 2.54 bits per heavy atom. The second-order valence-corrected chi connectivity index (χ2v) is 5.50. The Labute approximate surface area is 138 Å². The van der Waals surface area contributed by atoms with E-state index >= 15 is 0 Å². The van der Waals surface area contributed by atoms with Crippen LogP contribution in [0.15, 0.2) is 71.1 Å². The van der Waals surface area contributed by atoms with Crippen LogP contribution >= 0.6 is 0 Å². The monoisotopic (exact) mass is 312 g/mol. The molecule has 0 spiro atoms. The van der Waals surface area contributed by atoms with Gasteiger partial charge in [-0.3, -0.25) is 9.78 Å². The lowest BCUT2D eigenvalue weighted by atomic mass is 9.98. The number of ketones is 1. The van der Waals surface area contributed by atoms with Gasteiger partial charge < -0.3 is 4.42 Å². The van der Waals surface area contributed by atoms with Gasteiger partial charge in [-0.05, 0) is 24.3 Å². The standard InChI is InChI=1S/C20H12N2O2/c21-12-15(17-10-9-13-5-1-3-7-16(13)22-17)20(23)19-11-14-6-2-4-8-18(14)24-19/h1-11,15H. The fraction of sp³-hybridized carbons (Fsp3) is 0.0500. The van der Waals surface area contributed by atoms with Gasteiger partial charge >= 0.3 is 0 Å². The first kappa shape index (κ1) is 14.2. The lowest BCUT2D eigenvalue weighted by Crippen LogP contribution is -2.12. The lowest BCUT2D eigenvalue weighted by molar-refractivity contribution is 0.0953. The van der Waals surface area contributed by atoms with E-state index in [9.17, 15) is 10.1 Å². The van der Waals surface area contributed by atoms with E-state index in [0.717, 1.165) is 16.3 Å². The zero-order valence-electron chi connectivity index (χ0n) is 12.6. The average molecular weight is 312 g/mol. The van der Waals surface area contributed by atoms with Gasteiger partial charge in [0.25, 0.3) is 0 Å². The highest BCUT2D eigenvalue weighted by atomic mass is 16.3. The summed E-state index contributed by atoms with van der Waals surface area (Å²) in [5.74, 6) is -1.19. The minimum absolute atomic E-state index is 0.178. The second-order valence-electron chi connectivity index (χ2n) is 5.50. The van der Waals surface area contributed by atoms with Crippen LogP contribution in [0.4, 0.5) is 0 Å². The summed E-state index contributed by atoms with van der Waals surface area (Å²) < 4.78 is 5.59. The molecule has 4 heteroatoms. The molecule has 0 N–H and O–H groups in total. The summed E-state index contributed by atoms with van der Waals surface area (Å²) >= 11 is 0. The molecular weight excluding hydrogens is 300 g/mol. The van der Waals surface area contributed by atoms with Gasteiger partial charge in [-0.15, -0.1) is 0 Å². The third-order valence-electron chi connectivity index (χ3n) is 3.98. The van der Waals surface area contributed by atoms with Crippen molar-refractivity contribution in [3.63, 3.8) is 0 Å². The molecule has 0 saturated carbocycles. The highest BCUT2D eigenvalue weighted by Gasteiger charge is 2.26. The number of para-hydroxylation sites is 2. The summed E-state index contributed by atoms with van der Waals surface area (Å²) in [6.07, 6.45) is 0. The second kappa shape index (κ2) is 5.64. The molecule has 0 fully saturated rings. The summed E-state index contributed by atoms with van der Waals surface area (Å²) in [5, 5.41) is 11.3. The maximum Gasteiger partial charge on any atom is 0.221 e. The van der Waals surface area contributed by atoms with Crippen molar-refractivity contribution in [2.45, 2.75) is 5.92 Å². The molecule has 24 heavy (non-hydrogen) atoms. The van der Waals surface area contributed by atoms with Crippen molar-refractivity contribution in [2.24, 2.45) is 0 Å². The van der Waals surface area contributed by atoms with Crippen molar-refractivity contribution in [3.8, 4) is 6.07 Å². The number of carbonyl (C=O) groups is 1. The maximum atomic E-state index is 12.7. The van der Waals surface area contributed by atoms with Crippen LogP contribution < -0.4 is 0 Å². The predicted octanol–water partition coefficient (Wildman–Crippen LogP) is 4.47. The Bertz CT molecular complexity index is 1070. The number of pyridine rings is 1. The van der Waals surface area contributed by atoms with Crippen molar-refractivity contribution in [3.05, 3.63) is 78.2 Å². The number of hydrogen-bond donors (Lipinski definition) is 0. The summed E-state index contributed by atoms with van der Waals surface area (Å²) in [4.78, 5) is 17.2. The number of hydrogen-bond acceptors (Lipinski definition) is 4. The van der Waals surface area contributed by atoms with E-state index in [1.54, 1.807) is 18.2 Å². The minimum Gasteiger partial charge on any atom is -0.453 e. The fourth-order valence-electron chi connectivity index (χ4n) is 2.75. The van der Waals surface area contributed by atoms with Gasteiger partial charge in [0.1, 0.15) is 5.58 Å². The number of Topliss-reactive ketones (excluding diaryl/α,β-unsaturated/α-hetero) is 1. The first-order valence-corrected chi connectivity index (χ1v) is 7.54. The largest absolute Gasteiger partial charge is 0.453 e. The van der Waals surface area contributed by atoms with Gasteiger partial charge in [0.2, 0.25) is 5.78 Å². The molecule has 2 aromatic heterocycles. The number of nitriles is 1. The van der Waals surface area contributed by atoms with E-state index in [1.165, 1.54) is 0 Å². The van der Waals surface area contributed by atoms with Crippen LogP contribution in [0.1, 0.15) is 22.2 Å². The summed E-state index contributed by atoms with van der Waals surface area (Å²) in [5.41, 5.74) is 1.82. The van der Waals surface area contributed by atoms with Gasteiger partial charge in [-0.2, -0.15) is 5.26 Å². The van der Waals surface area contributed by atoms with Gasteiger partial charge in [-0.1, -0.05) is 42.5 Å². The van der Waals surface area contributed by atoms with E-state index in [2.05, 4.69) is 11.1 Å². The van der Waals surface area contributed by atoms with Crippen molar-refractivity contribution < 1.29 is 9.21 Å². The Hall–Kier alpha value is -3.45. The van der Waals surface area contributed by atoms with E-state index in [-0.39, 0.29) is 11.5 Å². The molecule has 0 aliphatic rings. The minimum atomic E-state index is -0.991. The first-order chi connectivity index (χ1) is 11.8. The van der Waals surface area contributed by atoms with Crippen LogP contribution in [0.5, 0.6) is 0 Å². The molecule has 0 aliphatic carbocycles. The van der Waals surface area contributed by atoms with Gasteiger partial charge in [0, 0.05) is 10.8 Å². The molecule has 0 amide bonds. The molecule has 2 heterocycles. The molecule has 0 saturated heterocycles. The molecule has 0 radical (unpaired) electrons. The summed E-state index contributed by atoms with van der Waals surface area (Å²) in [7, 11) is 0. The maximum absolute atomic E-state index is 12.7. The first-order valence-electron chi connectivity index (χ1n) is 7.54. The highest BCUT2D eigenvalue weighted by Crippen LogP contribution is 2.25. The molecule has 4 aromatic rings. The number of furan rings is 1. The highest BCUT2D eigenvalue weighted by molar-refractivity contribution is 6.03. The van der Waals surface area contributed by atoms with Crippen LogP contribution in [-0.2, 0) is 0 Å². The predicted molar refractivity (Wildman–Crippen MR) is 90.6 cm³/mol. The van der Waals surface area contributed by atoms with E-state index in [1.807, 2.05) is 48.5 Å². The molecule has 2 aromatic carbocycles. The van der Waals surface area contributed by atoms with Gasteiger partial charge in [0.15, 0.2) is 11.7 Å². The van der Waals surface area contributed by atoms with Gasteiger partial charge in [0.05, 0.1) is 17.3 Å². The van der Waals surface area contributed by atoms with Gasteiger partial charge in [-0.25, -0.2) is 0 Å². The third kappa shape index (κ3) is 2.33. The SMILES string of the molecule is N#CC(C(=O)c1cc2ccccc2o1)c1ccc2ccccc2n1. The van der Waals surface area contributed by atoms with Crippen LogP contribution in [0.2, 0.25) is 0 Å². The normalized spacial score (nSPS) is 12.1. The number of benzene rings is 2. The zero-order valence-corrected chi connectivity index (χ0v) is 12.6. The number of aromatic nitrogens is 1. The van der Waals surface area contributed by atoms with Crippen molar-refractivity contribution in [1.82, 2.24) is 4.98 Å². The molecule has 114 valence electrons. The van der Waals surface area contributed by atoms with E-state index < -0.39 is 5.92 Å². The van der Waals surface area contributed by atoms with Crippen molar-refractivity contribution in [2.75, 3.05) is 0 Å². The smallest absolute Gasteiger partial charge is 0.221 e. The fourth-order valence-corrected chi connectivity index (χ4v) is 2.75. The third-order valence-corrected chi connectivity index (χ3v) is 3.98. The number of nitrogens with zero attached hydrogens (tertiary/aromatic N) is 2. The summed E-state index contributed by atoms with van der Waals surface area (Å²) in [6, 6.07) is 22.3. The Morgan fingerprint density at radius 2 is 1.75 bits per heavy atom. The molecule has 1 atom stereocenters. The topological polar surface area (TPSA) is 66.9 Å². The van der Waals surface area contributed by atoms with E-state index in [0.29, 0.717) is 11.3 Å². The molecule has 4 rings (SSSR count). The Morgan fingerprint density at radius 1 is 1.00 bits per heavy atom. The molecule has 0 bridgehead atoms. The van der Waals surface area contributed by atoms with Crippen LogP contribution in [0.25, 0.3) is 21.9 Å². The van der Waals surface area contributed by atoms with E-state index in [4.69, 9.17) is 4.42 Å². The zero-order chi connectivity index (χ0) is 16.5. The number of carbonyl (C=O) groups excluding carboxylic acids is 1. The molecular formula is C20H12N2O2. The quantitative estimate of drug-likeness (QED) is 0.523. The number of fused-ring (bicyclic) bond motifs is 2. The van der Waals surface area contributed by atoms with Crippen LogP contribution in [-0.4, -0.2) is 10.8 Å². The Kier molecular flexibility index (Phi) is 3.33. The van der Waals surface area contributed by atoms with Crippen molar-refractivity contribution >= 4 is 27.7 Å². The molecule has 1 unspecified atom stereocenters.